The molecule has 2 heterocycles. The Balaban J connectivity index is 1.76. The molecule has 0 saturated carbocycles. The van der Waals surface area contributed by atoms with Gasteiger partial charge in [0.2, 0.25) is 5.91 Å². The van der Waals surface area contributed by atoms with E-state index in [1.165, 1.54) is 18.2 Å². The van der Waals surface area contributed by atoms with Crippen molar-refractivity contribution in [3.63, 3.8) is 0 Å². The maximum atomic E-state index is 14.4. The van der Waals surface area contributed by atoms with Crippen molar-refractivity contribution in [1.82, 2.24) is 15.1 Å². The van der Waals surface area contributed by atoms with Gasteiger partial charge in [0.25, 0.3) is 0 Å². The summed E-state index contributed by atoms with van der Waals surface area (Å²) >= 11 is 0. The zero-order valence-electron chi connectivity index (χ0n) is 18.5. The van der Waals surface area contributed by atoms with Gasteiger partial charge in [-0.2, -0.15) is 5.10 Å². The fourth-order valence-corrected chi connectivity index (χ4v) is 5.09. The molecule has 166 valence electrons. The first kappa shape index (κ1) is 21.8. The fraction of sp³-hybridized carbons (Fsp3) is 0.542. The van der Waals surface area contributed by atoms with Gasteiger partial charge in [0.1, 0.15) is 11.6 Å². The first-order valence-electron chi connectivity index (χ1n) is 10.9. The Hall–Kier alpha value is -2.41. The van der Waals surface area contributed by atoms with E-state index in [0.717, 1.165) is 12.0 Å². The highest BCUT2D eigenvalue weighted by Gasteiger charge is 2.52. The van der Waals surface area contributed by atoms with Crippen LogP contribution in [0.15, 0.2) is 24.3 Å². The van der Waals surface area contributed by atoms with E-state index in [9.17, 15) is 13.6 Å². The number of carbonyl (C=O) groups excluding carboxylic acids is 1. The molecule has 1 saturated heterocycles. The SMILES string of the molecule is COCC1CN(C(=O)[C@@]2(C(C)C)CC[C@H](C)c3cc(-c4c(F)cccc4F)nnc32)C1. The van der Waals surface area contributed by atoms with Gasteiger partial charge >= 0.3 is 0 Å². The van der Waals surface area contributed by atoms with Crippen molar-refractivity contribution >= 4 is 5.91 Å². The largest absolute Gasteiger partial charge is 0.384 e. The third-order valence-corrected chi connectivity index (χ3v) is 6.98. The van der Waals surface area contributed by atoms with Crippen LogP contribution in [0.25, 0.3) is 11.3 Å². The first-order valence-corrected chi connectivity index (χ1v) is 10.9. The lowest BCUT2D eigenvalue weighted by Crippen LogP contribution is -2.60. The number of fused-ring (bicyclic) bond motifs is 1. The molecule has 1 aliphatic carbocycles. The number of aromatic nitrogens is 2. The van der Waals surface area contributed by atoms with Crippen molar-refractivity contribution < 1.29 is 18.3 Å². The number of hydrogen-bond donors (Lipinski definition) is 0. The maximum absolute atomic E-state index is 14.4. The summed E-state index contributed by atoms with van der Waals surface area (Å²) in [6.45, 7) is 8.14. The van der Waals surface area contributed by atoms with Crippen molar-refractivity contribution in [2.24, 2.45) is 11.8 Å². The number of rotatable bonds is 5. The summed E-state index contributed by atoms with van der Waals surface area (Å²) in [5.74, 6) is -0.781. The zero-order valence-corrected chi connectivity index (χ0v) is 18.5. The molecule has 0 N–H and O–H groups in total. The highest BCUT2D eigenvalue weighted by Crippen LogP contribution is 2.48. The van der Waals surface area contributed by atoms with Crippen LogP contribution in [0.1, 0.15) is 50.8 Å². The molecule has 0 spiro atoms. The molecule has 1 aliphatic heterocycles. The molecule has 0 radical (unpaired) electrons. The summed E-state index contributed by atoms with van der Waals surface area (Å²) in [5, 5.41) is 8.67. The van der Waals surface area contributed by atoms with Crippen LogP contribution in [-0.2, 0) is 14.9 Å². The minimum Gasteiger partial charge on any atom is -0.384 e. The highest BCUT2D eigenvalue weighted by atomic mass is 19.1. The lowest BCUT2D eigenvalue weighted by Gasteiger charge is -2.48. The summed E-state index contributed by atoms with van der Waals surface area (Å²) < 4.78 is 33.9. The molecule has 0 unspecified atom stereocenters. The second-order valence-electron chi connectivity index (χ2n) is 9.23. The molecule has 0 bridgehead atoms. The highest BCUT2D eigenvalue weighted by molar-refractivity contribution is 5.89. The third-order valence-electron chi connectivity index (χ3n) is 6.98. The van der Waals surface area contributed by atoms with Gasteiger partial charge in [0, 0.05) is 26.1 Å². The summed E-state index contributed by atoms with van der Waals surface area (Å²) in [4.78, 5) is 15.6. The van der Waals surface area contributed by atoms with Crippen LogP contribution in [0.4, 0.5) is 8.78 Å². The second kappa shape index (κ2) is 8.26. The summed E-state index contributed by atoms with van der Waals surface area (Å²) in [5.41, 5.74) is 0.718. The van der Waals surface area contributed by atoms with Crippen molar-refractivity contribution in [2.45, 2.75) is 44.9 Å². The van der Waals surface area contributed by atoms with E-state index in [4.69, 9.17) is 4.74 Å². The van der Waals surface area contributed by atoms with Crippen LogP contribution in [0.5, 0.6) is 0 Å². The number of halogens is 2. The number of carbonyl (C=O) groups is 1. The Morgan fingerprint density at radius 1 is 1.26 bits per heavy atom. The smallest absolute Gasteiger partial charge is 0.235 e. The first-order chi connectivity index (χ1) is 14.8. The Labute approximate surface area is 181 Å². The Kier molecular flexibility index (Phi) is 5.81. The number of nitrogens with zero attached hydrogens (tertiary/aromatic N) is 3. The predicted octanol–water partition coefficient (Wildman–Crippen LogP) is 4.32. The number of ether oxygens (including phenoxy) is 1. The van der Waals surface area contributed by atoms with E-state index in [1.807, 2.05) is 18.7 Å². The normalized spacial score (nSPS) is 23.6. The van der Waals surface area contributed by atoms with Gasteiger partial charge in [-0.3, -0.25) is 4.79 Å². The van der Waals surface area contributed by atoms with E-state index >= 15 is 0 Å². The van der Waals surface area contributed by atoms with Crippen molar-refractivity contribution in [3.05, 3.63) is 47.2 Å². The van der Waals surface area contributed by atoms with Crippen LogP contribution in [0.3, 0.4) is 0 Å². The quantitative estimate of drug-likeness (QED) is 0.711. The maximum Gasteiger partial charge on any atom is 0.235 e. The molecule has 2 aliphatic rings. The molecule has 1 amide bonds. The molecule has 4 rings (SSSR count). The molecule has 2 atom stereocenters. The zero-order chi connectivity index (χ0) is 22.3. The standard InChI is InChI=1S/C24H29F2N3O2/c1-14(2)24(23(30)29-11-16(12-29)13-31-4)9-8-15(3)17-10-20(27-28-22(17)24)21-18(25)6-5-7-19(21)26/h5-7,10,14-16H,8-9,11-13H2,1-4H3/t15-,24+/m0/s1. The summed E-state index contributed by atoms with van der Waals surface area (Å²) in [6.07, 6.45) is 1.49. The third kappa shape index (κ3) is 3.53. The Morgan fingerprint density at radius 3 is 2.55 bits per heavy atom. The number of amides is 1. The Bertz CT molecular complexity index is 971. The molecule has 5 nitrogen and oxygen atoms in total. The van der Waals surface area contributed by atoms with E-state index in [0.29, 0.717) is 37.7 Å². The molecule has 1 fully saturated rings. The van der Waals surface area contributed by atoms with E-state index in [2.05, 4.69) is 17.1 Å². The number of methoxy groups -OCH3 is 1. The minimum atomic E-state index is -0.779. The molecule has 31 heavy (non-hydrogen) atoms. The van der Waals surface area contributed by atoms with Crippen LogP contribution in [0.2, 0.25) is 0 Å². The van der Waals surface area contributed by atoms with E-state index < -0.39 is 17.0 Å². The summed E-state index contributed by atoms with van der Waals surface area (Å²) in [6, 6.07) is 5.48. The average Bonchev–Trinajstić information content (AvgIpc) is 2.70. The van der Waals surface area contributed by atoms with Gasteiger partial charge < -0.3 is 9.64 Å². The van der Waals surface area contributed by atoms with Crippen molar-refractivity contribution in [3.8, 4) is 11.3 Å². The molecule has 2 aromatic rings. The van der Waals surface area contributed by atoms with Gasteiger partial charge in [0.15, 0.2) is 0 Å². The molecule has 7 heteroatoms. The molecular weight excluding hydrogens is 400 g/mol. The number of likely N-dealkylation sites (tertiary alicyclic amines) is 1. The number of hydrogen-bond acceptors (Lipinski definition) is 4. The predicted molar refractivity (Wildman–Crippen MR) is 113 cm³/mol. The number of benzene rings is 1. The van der Waals surface area contributed by atoms with Gasteiger partial charge in [-0.05, 0) is 48.4 Å². The van der Waals surface area contributed by atoms with E-state index in [-0.39, 0.29) is 29.0 Å². The lowest BCUT2D eigenvalue weighted by atomic mass is 9.62. The van der Waals surface area contributed by atoms with Gasteiger partial charge in [-0.1, -0.05) is 26.8 Å². The van der Waals surface area contributed by atoms with Gasteiger partial charge in [0.05, 0.1) is 29.0 Å². The van der Waals surface area contributed by atoms with Gasteiger partial charge in [-0.25, -0.2) is 8.78 Å². The van der Waals surface area contributed by atoms with Gasteiger partial charge in [-0.15, -0.1) is 5.10 Å². The molecule has 1 aromatic heterocycles. The molecule has 1 aromatic carbocycles. The lowest BCUT2D eigenvalue weighted by molar-refractivity contribution is -0.148. The van der Waals surface area contributed by atoms with Crippen LogP contribution in [-0.4, -0.2) is 47.8 Å². The monoisotopic (exact) mass is 429 g/mol. The van der Waals surface area contributed by atoms with Crippen molar-refractivity contribution in [1.29, 1.82) is 0 Å². The topological polar surface area (TPSA) is 55.3 Å². The fourth-order valence-electron chi connectivity index (χ4n) is 5.09. The van der Waals surface area contributed by atoms with Crippen molar-refractivity contribution in [2.75, 3.05) is 26.8 Å². The minimum absolute atomic E-state index is 0.0121. The summed E-state index contributed by atoms with van der Waals surface area (Å²) in [7, 11) is 1.67. The van der Waals surface area contributed by atoms with Crippen LogP contribution < -0.4 is 0 Å². The van der Waals surface area contributed by atoms with Crippen LogP contribution in [0, 0.1) is 23.5 Å². The molecular formula is C24H29F2N3O2. The van der Waals surface area contributed by atoms with E-state index in [1.54, 1.807) is 13.2 Å². The Morgan fingerprint density at radius 2 is 1.94 bits per heavy atom. The second-order valence-corrected chi connectivity index (χ2v) is 9.23. The van der Waals surface area contributed by atoms with Crippen LogP contribution >= 0.6 is 0 Å². The average molecular weight is 430 g/mol.